The van der Waals surface area contributed by atoms with Crippen LogP contribution in [0.1, 0.15) is 26.3 Å². The first kappa shape index (κ1) is 18.7. The van der Waals surface area contributed by atoms with Crippen molar-refractivity contribution in [1.29, 1.82) is 0 Å². The molecule has 0 saturated heterocycles. The van der Waals surface area contributed by atoms with E-state index >= 15 is 0 Å². The highest BCUT2D eigenvalue weighted by molar-refractivity contribution is 7.90. The van der Waals surface area contributed by atoms with E-state index in [2.05, 4.69) is 20.8 Å². The number of quaternary nitrogens is 1. The summed E-state index contributed by atoms with van der Waals surface area (Å²) in [5.41, 5.74) is 1.83. The van der Waals surface area contributed by atoms with E-state index in [0.29, 0.717) is 4.90 Å². The summed E-state index contributed by atoms with van der Waals surface area (Å²) in [4.78, 5) is 0.314. The molecule has 0 bridgehead atoms. The van der Waals surface area contributed by atoms with Crippen LogP contribution in [0.5, 0.6) is 0 Å². The molecule has 0 aliphatic heterocycles. The summed E-state index contributed by atoms with van der Waals surface area (Å²) in [5.74, 6) is 0. The molecule has 0 aliphatic rings. The molecular formula is C21H27N2O2S+. The molecule has 2 aromatic carbocycles. The molecule has 3 rings (SSSR count). The van der Waals surface area contributed by atoms with Crippen molar-refractivity contribution in [3.05, 3.63) is 66.4 Å². The smallest absolute Gasteiger partial charge is 0.268 e. The number of hydrogen-bond acceptors (Lipinski definition) is 2. The minimum absolute atomic E-state index is 0.314. The number of rotatable bonds is 7. The standard InChI is InChI=1S/C21H27N2O2S/c1-4-23(5-2,6-3)17-18-16-22(21-15-11-10-14-20(18)21)26(24,25)19-12-8-7-9-13-19/h7-16H,4-6,17H2,1-3H3/q+1. The van der Waals surface area contributed by atoms with Crippen molar-refractivity contribution in [2.75, 3.05) is 19.6 Å². The molecule has 4 nitrogen and oxygen atoms in total. The molecule has 0 fully saturated rings. The molecule has 0 aliphatic carbocycles. The summed E-state index contributed by atoms with van der Waals surface area (Å²) >= 11 is 0. The normalized spacial score (nSPS) is 12.6. The Morgan fingerprint density at radius 1 is 0.846 bits per heavy atom. The van der Waals surface area contributed by atoms with Crippen LogP contribution in [-0.2, 0) is 16.6 Å². The zero-order chi connectivity index (χ0) is 18.8. The van der Waals surface area contributed by atoms with Gasteiger partial charge in [-0.2, -0.15) is 0 Å². The van der Waals surface area contributed by atoms with Crippen LogP contribution in [0.3, 0.4) is 0 Å². The topological polar surface area (TPSA) is 39.1 Å². The van der Waals surface area contributed by atoms with Gasteiger partial charge >= 0.3 is 0 Å². The quantitative estimate of drug-likeness (QED) is 0.582. The molecule has 0 saturated carbocycles. The van der Waals surface area contributed by atoms with Gasteiger partial charge in [-0.1, -0.05) is 36.4 Å². The number of fused-ring (bicyclic) bond motifs is 1. The summed E-state index contributed by atoms with van der Waals surface area (Å²) in [6, 6.07) is 16.4. The zero-order valence-electron chi connectivity index (χ0n) is 15.7. The predicted octanol–water partition coefficient (Wildman–Crippen LogP) is 4.25. The highest BCUT2D eigenvalue weighted by atomic mass is 32.2. The number of nitrogens with zero attached hydrogens (tertiary/aromatic N) is 2. The second-order valence-electron chi connectivity index (χ2n) is 6.73. The molecular weight excluding hydrogens is 344 g/mol. The van der Waals surface area contributed by atoms with Crippen molar-refractivity contribution >= 4 is 20.9 Å². The second-order valence-corrected chi connectivity index (χ2v) is 8.55. The molecule has 138 valence electrons. The molecule has 0 spiro atoms. The lowest BCUT2D eigenvalue weighted by Crippen LogP contribution is -2.46. The average Bonchev–Trinajstić information content (AvgIpc) is 3.06. The van der Waals surface area contributed by atoms with Gasteiger partial charge in [-0.05, 0) is 39.0 Å². The summed E-state index contributed by atoms with van der Waals surface area (Å²) < 4.78 is 28.8. The summed E-state index contributed by atoms with van der Waals surface area (Å²) in [6.45, 7) is 10.5. The Kier molecular flexibility index (Phi) is 5.21. The maximum absolute atomic E-state index is 13.2. The highest BCUT2D eigenvalue weighted by Crippen LogP contribution is 2.28. The van der Waals surface area contributed by atoms with Crippen LogP contribution >= 0.6 is 0 Å². The molecule has 26 heavy (non-hydrogen) atoms. The van der Waals surface area contributed by atoms with E-state index in [0.717, 1.165) is 47.1 Å². The third-order valence-corrected chi connectivity index (χ3v) is 7.27. The van der Waals surface area contributed by atoms with Crippen molar-refractivity contribution < 1.29 is 12.9 Å². The Morgan fingerprint density at radius 2 is 1.42 bits per heavy atom. The molecule has 0 N–H and O–H groups in total. The highest BCUT2D eigenvalue weighted by Gasteiger charge is 2.26. The Balaban J connectivity index is 2.18. The van der Waals surface area contributed by atoms with Gasteiger partial charge in [0.05, 0.1) is 30.0 Å². The van der Waals surface area contributed by atoms with Crippen molar-refractivity contribution in [3.63, 3.8) is 0 Å². The lowest BCUT2D eigenvalue weighted by molar-refractivity contribution is -0.936. The zero-order valence-corrected chi connectivity index (χ0v) is 16.5. The van der Waals surface area contributed by atoms with Gasteiger partial charge in [-0.25, -0.2) is 12.4 Å². The third-order valence-electron chi connectivity index (χ3n) is 5.58. The van der Waals surface area contributed by atoms with Gasteiger partial charge in [0, 0.05) is 17.1 Å². The molecule has 5 heteroatoms. The number of hydrogen-bond donors (Lipinski definition) is 0. The van der Waals surface area contributed by atoms with Gasteiger partial charge in [0.15, 0.2) is 0 Å². The lowest BCUT2D eigenvalue weighted by atomic mass is 10.1. The SMILES string of the molecule is CC[N+](CC)(CC)Cc1cn(S(=O)(=O)c2ccccc2)c2ccccc12. The fourth-order valence-corrected chi connectivity index (χ4v) is 5.03. The van der Waals surface area contributed by atoms with Gasteiger partial charge in [-0.15, -0.1) is 0 Å². The maximum atomic E-state index is 13.2. The Morgan fingerprint density at radius 3 is 2.04 bits per heavy atom. The Labute approximate surface area is 156 Å². The minimum Gasteiger partial charge on any atom is -0.320 e. The molecule has 3 aromatic rings. The van der Waals surface area contributed by atoms with Crippen LogP contribution in [-0.4, -0.2) is 36.5 Å². The van der Waals surface area contributed by atoms with Gasteiger partial charge in [0.1, 0.15) is 6.54 Å². The van der Waals surface area contributed by atoms with Crippen LogP contribution < -0.4 is 0 Å². The second kappa shape index (κ2) is 7.25. The fraction of sp³-hybridized carbons (Fsp3) is 0.333. The van der Waals surface area contributed by atoms with E-state index in [-0.39, 0.29) is 0 Å². The Bertz CT molecular complexity index is 979. The largest absolute Gasteiger partial charge is 0.320 e. The van der Waals surface area contributed by atoms with Gasteiger partial charge < -0.3 is 4.48 Å². The van der Waals surface area contributed by atoms with Crippen LogP contribution in [0.15, 0.2) is 65.7 Å². The van der Waals surface area contributed by atoms with E-state index in [4.69, 9.17) is 0 Å². The molecule has 1 aromatic heterocycles. The van der Waals surface area contributed by atoms with Gasteiger partial charge in [0.2, 0.25) is 0 Å². The van der Waals surface area contributed by atoms with E-state index in [9.17, 15) is 8.42 Å². The lowest BCUT2D eigenvalue weighted by Gasteiger charge is -2.35. The molecule has 0 unspecified atom stereocenters. The third kappa shape index (κ3) is 3.17. The maximum Gasteiger partial charge on any atom is 0.268 e. The minimum atomic E-state index is -3.61. The van der Waals surface area contributed by atoms with Crippen molar-refractivity contribution in [2.24, 2.45) is 0 Å². The van der Waals surface area contributed by atoms with Crippen molar-refractivity contribution in [2.45, 2.75) is 32.2 Å². The van der Waals surface area contributed by atoms with E-state index in [1.807, 2.05) is 36.5 Å². The molecule has 0 amide bonds. The molecule has 1 heterocycles. The van der Waals surface area contributed by atoms with Crippen LogP contribution in [0.2, 0.25) is 0 Å². The van der Waals surface area contributed by atoms with Gasteiger partial charge in [-0.3, -0.25) is 0 Å². The Hall–Kier alpha value is -2.11. The summed E-state index contributed by atoms with van der Waals surface area (Å²) in [5, 5.41) is 1.02. The van der Waals surface area contributed by atoms with Gasteiger partial charge in [0.25, 0.3) is 10.0 Å². The average molecular weight is 372 g/mol. The van der Waals surface area contributed by atoms with Crippen LogP contribution in [0.4, 0.5) is 0 Å². The summed E-state index contributed by atoms with van der Waals surface area (Å²) in [6.07, 6.45) is 1.82. The predicted molar refractivity (Wildman–Crippen MR) is 107 cm³/mol. The van der Waals surface area contributed by atoms with Crippen LogP contribution in [0.25, 0.3) is 10.9 Å². The van der Waals surface area contributed by atoms with E-state index in [1.54, 1.807) is 24.3 Å². The van der Waals surface area contributed by atoms with E-state index in [1.165, 1.54) is 3.97 Å². The summed E-state index contributed by atoms with van der Waals surface area (Å²) in [7, 11) is -3.61. The fourth-order valence-electron chi connectivity index (χ4n) is 3.62. The number of para-hydroxylation sites is 1. The van der Waals surface area contributed by atoms with Crippen molar-refractivity contribution in [3.8, 4) is 0 Å². The van der Waals surface area contributed by atoms with Crippen molar-refractivity contribution in [1.82, 2.24) is 3.97 Å². The first-order chi connectivity index (χ1) is 12.5. The molecule has 0 radical (unpaired) electrons. The first-order valence-corrected chi connectivity index (χ1v) is 10.7. The monoisotopic (exact) mass is 371 g/mol. The number of benzene rings is 2. The first-order valence-electron chi connectivity index (χ1n) is 9.22. The number of aromatic nitrogens is 1. The van der Waals surface area contributed by atoms with E-state index < -0.39 is 10.0 Å². The van der Waals surface area contributed by atoms with Crippen LogP contribution in [0, 0.1) is 0 Å². The molecule has 0 atom stereocenters.